The summed E-state index contributed by atoms with van der Waals surface area (Å²) in [6, 6.07) is 0. The van der Waals surface area contributed by atoms with Crippen molar-refractivity contribution < 1.29 is 9.59 Å². The Morgan fingerprint density at radius 1 is 1.27 bits per heavy atom. The van der Waals surface area contributed by atoms with Gasteiger partial charge in [-0.2, -0.15) is 0 Å². The first-order chi connectivity index (χ1) is 4.91. The Labute approximate surface area is 69.4 Å². The van der Waals surface area contributed by atoms with E-state index in [4.69, 9.17) is 0 Å². The molecule has 1 N–H and O–H groups in total. The van der Waals surface area contributed by atoms with Crippen LogP contribution in [0, 0.1) is 0 Å². The lowest BCUT2D eigenvalue weighted by Gasteiger charge is -2.33. The second-order valence-corrected chi connectivity index (χ2v) is 4.77. The first kappa shape index (κ1) is 9.01. The molecule has 0 amide bonds. The zero-order valence-electron chi connectivity index (χ0n) is 7.93. The lowest BCUT2D eigenvalue weighted by molar-refractivity contribution is -0.895. The summed E-state index contributed by atoms with van der Waals surface area (Å²) in [5.74, 6) is 0. The molecule has 1 aliphatic rings. The second kappa shape index (κ2) is 2.76. The zero-order valence-corrected chi connectivity index (χ0v) is 7.93. The summed E-state index contributed by atoms with van der Waals surface area (Å²) in [6.07, 6.45) is 3.40. The van der Waals surface area contributed by atoms with E-state index in [0.29, 0.717) is 0 Å². The maximum Gasteiger partial charge on any atom is 0.111 e. The van der Waals surface area contributed by atoms with Crippen LogP contribution in [-0.4, -0.2) is 42.4 Å². The number of nitrogens with zero attached hydrogens (tertiary/aromatic N) is 1. The molecule has 2 nitrogen and oxygen atoms in total. The van der Waals surface area contributed by atoms with Gasteiger partial charge in [-0.15, -0.1) is 0 Å². The molecule has 0 saturated carbocycles. The van der Waals surface area contributed by atoms with Crippen LogP contribution in [0.2, 0.25) is 0 Å². The van der Waals surface area contributed by atoms with Crippen LogP contribution in [-0.2, 0) is 0 Å². The predicted molar refractivity (Wildman–Crippen MR) is 46.3 cm³/mol. The third kappa shape index (κ3) is 2.80. The Bertz CT molecular complexity index is 124. The van der Waals surface area contributed by atoms with Crippen molar-refractivity contribution in [3.63, 3.8) is 0 Å². The highest BCUT2D eigenvalue weighted by molar-refractivity contribution is 4.74. The Hall–Kier alpha value is -0.0800. The van der Waals surface area contributed by atoms with Gasteiger partial charge in [-0.05, 0) is 26.2 Å². The molecule has 0 bridgehead atoms. The molecule has 11 heavy (non-hydrogen) atoms. The summed E-state index contributed by atoms with van der Waals surface area (Å²) in [6.45, 7) is 4.06. The minimum atomic E-state index is -0.431. The number of likely N-dealkylation sites (tertiary alicyclic amines) is 1. The predicted octanol–water partition coefficient (Wildman–Crippen LogP) is 0.998. The topological polar surface area (TPSA) is 20.2 Å². The molecular formula is C9H20NO+. The molecule has 1 aliphatic heterocycles. The molecule has 0 aromatic rings. The minimum Gasteiger partial charge on any atom is -0.384 e. The number of aliphatic hydroxyl groups is 1. The van der Waals surface area contributed by atoms with E-state index in [9.17, 15) is 5.11 Å². The van der Waals surface area contributed by atoms with Crippen LogP contribution < -0.4 is 0 Å². The van der Waals surface area contributed by atoms with Crippen LogP contribution in [0.1, 0.15) is 26.2 Å². The second-order valence-electron chi connectivity index (χ2n) is 4.77. The van der Waals surface area contributed by atoms with Crippen LogP contribution in [0.5, 0.6) is 0 Å². The molecule has 0 spiro atoms. The Balaban J connectivity index is 2.62. The smallest absolute Gasteiger partial charge is 0.111 e. The van der Waals surface area contributed by atoms with Crippen LogP contribution in [0.25, 0.3) is 0 Å². The van der Waals surface area contributed by atoms with Crippen molar-refractivity contribution in [2.45, 2.75) is 31.8 Å². The van der Waals surface area contributed by atoms with Gasteiger partial charge in [0.25, 0.3) is 0 Å². The molecule has 0 aliphatic carbocycles. The summed E-state index contributed by atoms with van der Waals surface area (Å²) in [7, 11) is 4.39. The van der Waals surface area contributed by atoms with Gasteiger partial charge in [0.15, 0.2) is 0 Å². The Morgan fingerprint density at radius 3 is 2.55 bits per heavy atom. The molecule has 1 unspecified atom stereocenters. The third-order valence-electron chi connectivity index (χ3n) is 2.50. The Morgan fingerprint density at radius 2 is 1.91 bits per heavy atom. The van der Waals surface area contributed by atoms with Crippen molar-refractivity contribution in [3.05, 3.63) is 0 Å². The summed E-state index contributed by atoms with van der Waals surface area (Å²) >= 11 is 0. The number of quaternary nitrogens is 1. The van der Waals surface area contributed by atoms with E-state index in [1.54, 1.807) is 0 Å². The molecule has 1 atom stereocenters. The normalized spacial score (nSPS) is 38.2. The average Bonchev–Trinajstić information content (AvgIpc) is 1.86. The molecule has 0 radical (unpaired) electrons. The number of hydrogen-bond acceptors (Lipinski definition) is 1. The molecule has 0 aromatic heterocycles. The van der Waals surface area contributed by atoms with Crippen LogP contribution >= 0.6 is 0 Å². The van der Waals surface area contributed by atoms with E-state index >= 15 is 0 Å². The van der Waals surface area contributed by atoms with Crippen molar-refractivity contribution in [2.24, 2.45) is 0 Å². The molecule has 1 saturated heterocycles. The van der Waals surface area contributed by atoms with E-state index in [2.05, 4.69) is 14.1 Å². The van der Waals surface area contributed by atoms with Gasteiger partial charge in [-0.3, -0.25) is 0 Å². The fourth-order valence-electron chi connectivity index (χ4n) is 2.13. The molecule has 66 valence electrons. The number of rotatable bonds is 0. The van der Waals surface area contributed by atoms with Gasteiger partial charge in [0.2, 0.25) is 0 Å². The third-order valence-corrected chi connectivity index (χ3v) is 2.50. The van der Waals surface area contributed by atoms with Crippen molar-refractivity contribution in [2.75, 3.05) is 27.2 Å². The number of likely N-dealkylation sites (N-methyl/N-ethyl adjacent to an activating group) is 1. The van der Waals surface area contributed by atoms with Gasteiger partial charge in [0.05, 0.1) is 20.6 Å². The summed E-state index contributed by atoms with van der Waals surface area (Å²) in [4.78, 5) is 0. The fraction of sp³-hybridized carbons (Fsp3) is 1.00. The monoisotopic (exact) mass is 158 g/mol. The van der Waals surface area contributed by atoms with E-state index in [-0.39, 0.29) is 0 Å². The van der Waals surface area contributed by atoms with E-state index in [0.717, 1.165) is 17.4 Å². The summed E-state index contributed by atoms with van der Waals surface area (Å²) in [5, 5.41) is 9.87. The molecular weight excluding hydrogens is 138 g/mol. The molecule has 1 heterocycles. The first-order valence-electron chi connectivity index (χ1n) is 4.46. The van der Waals surface area contributed by atoms with Gasteiger partial charge in [0.1, 0.15) is 12.1 Å². The van der Waals surface area contributed by atoms with Crippen molar-refractivity contribution in [1.29, 1.82) is 0 Å². The van der Waals surface area contributed by atoms with E-state index < -0.39 is 5.60 Å². The first-order valence-corrected chi connectivity index (χ1v) is 4.46. The maximum absolute atomic E-state index is 9.87. The molecule has 1 rings (SSSR count). The standard InChI is InChI=1S/C9H20NO/c1-9(11)6-4-5-7-10(2,3)8-9/h11H,4-8H2,1-3H3/q+1. The van der Waals surface area contributed by atoms with Crippen molar-refractivity contribution >= 4 is 0 Å². The molecule has 0 aromatic carbocycles. The number of hydrogen-bond donors (Lipinski definition) is 1. The highest BCUT2D eigenvalue weighted by Gasteiger charge is 2.32. The van der Waals surface area contributed by atoms with Gasteiger partial charge in [-0.25, -0.2) is 0 Å². The average molecular weight is 158 g/mol. The van der Waals surface area contributed by atoms with Crippen molar-refractivity contribution in [1.82, 2.24) is 0 Å². The van der Waals surface area contributed by atoms with Crippen LogP contribution in [0.3, 0.4) is 0 Å². The van der Waals surface area contributed by atoms with Crippen LogP contribution in [0.4, 0.5) is 0 Å². The Kier molecular flexibility index (Phi) is 2.26. The fourth-order valence-corrected chi connectivity index (χ4v) is 2.13. The lowest BCUT2D eigenvalue weighted by Crippen LogP contribution is -2.49. The highest BCUT2D eigenvalue weighted by Crippen LogP contribution is 2.22. The van der Waals surface area contributed by atoms with Gasteiger partial charge in [-0.1, -0.05) is 0 Å². The highest BCUT2D eigenvalue weighted by atomic mass is 16.3. The maximum atomic E-state index is 9.87. The largest absolute Gasteiger partial charge is 0.384 e. The minimum absolute atomic E-state index is 0.431. The SMILES string of the molecule is CC1(O)CCCC[N+](C)(C)C1. The zero-order chi connectivity index (χ0) is 8.54. The molecule has 2 heteroatoms. The molecule has 1 fully saturated rings. The van der Waals surface area contributed by atoms with Gasteiger partial charge >= 0.3 is 0 Å². The summed E-state index contributed by atoms with van der Waals surface area (Å²) < 4.78 is 0.965. The quantitative estimate of drug-likeness (QED) is 0.521. The van der Waals surface area contributed by atoms with Crippen molar-refractivity contribution in [3.8, 4) is 0 Å². The van der Waals surface area contributed by atoms with E-state index in [1.165, 1.54) is 19.4 Å². The van der Waals surface area contributed by atoms with Gasteiger partial charge < -0.3 is 9.59 Å². The lowest BCUT2D eigenvalue weighted by atomic mass is 10.0. The van der Waals surface area contributed by atoms with Gasteiger partial charge in [0, 0.05) is 0 Å². The van der Waals surface area contributed by atoms with Crippen LogP contribution in [0.15, 0.2) is 0 Å². The summed E-state index contributed by atoms with van der Waals surface area (Å²) in [5.41, 5.74) is -0.431. The van der Waals surface area contributed by atoms with E-state index in [1.807, 2.05) is 6.92 Å².